The molecule has 0 bridgehead atoms. The van der Waals surface area contributed by atoms with Crippen LogP contribution in [0.3, 0.4) is 0 Å². The minimum Gasteiger partial charge on any atom is -0.307 e. The van der Waals surface area contributed by atoms with Gasteiger partial charge >= 0.3 is 0 Å². The molecule has 3 heteroatoms. The fourth-order valence-electron chi connectivity index (χ4n) is 4.75. The summed E-state index contributed by atoms with van der Waals surface area (Å²) in [6, 6.07) is 32.7. The SMILES string of the molecule is Cc1ccccc1C1=NC=C(c2c(C)cc(-c3ccccc3)cc2C)P1(=O)c1ccccc1. The maximum absolute atomic E-state index is 15.1. The van der Waals surface area contributed by atoms with Gasteiger partial charge in [-0.1, -0.05) is 97.1 Å². The van der Waals surface area contributed by atoms with E-state index in [0.717, 1.165) is 38.4 Å². The van der Waals surface area contributed by atoms with E-state index in [0.29, 0.717) is 5.45 Å². The van der Waals surface area contributed by atoms with Gasteiger partial charge in [0.1, 0.15) is 5.45 Å². The third-order valence-corrected chi connectivity index (χ3v) is 9.34. The predicted molar refractivity (Wildman–Crippen MR) is 141 cm³/mol. The van der Waals surface area contributed by atoms with Crippen molar-refractivity contribution in [2.45, 2.75) is 20.8 Å². The van der Waals surface area contributed by atoms with Crippen molar-refractivity contribution >= 4 is 23.2 Å². The number of hydrogen-bond donors (Lipinski definition) is 0. The predicted octanol–water partition coefficient (Wildman–Crippen LogP) is 7.73. The van der Waals surface area contributed by atoms with Crippen LogP contribution in [0.15, 0.2) is 108 Å². The molecule has 0 aromatic heterocycles. The van der Waals surface area contributed by atoms with Crippen LogP contribution in [0.4, 0.5) is 0 Å². The van der Waals surface area contributed by atoms with Gasteiger partial charge in [0.2, 0.25) is 0 Å². The van der Waals surface area contributed by atoms with Crippen molar-refractivity contribution in [1.82, 2.24) is 0 Å². The molecule has 1 heterocycles. The molecule has 1 atom stereocenters. The molecule has 2 nitrogen and oxygen atoms in total. The minimum atomic E-state index is -3.14. The average Bonchev–Trinajstić information content (AvgIpc) is 3.18. The first-order valence-corrected chi connectivity index (χ1v) is 12.9. The van der Waals surface area contributed by atoms with E-state index in [1.54, 1.807) is 0 Å². The summed E-state index contributed by atoms with van der Waals surface area (Å²) in [7, 11) is -3.14. The monoisotopic (exact) mass is 447 g/mol. The highest BCUT2D eigenvalue weighted by molar-refractivity contribution is 7.96. The van der Waals surface area contributed by atoms with Crippen molar-refractivity contribution in [3.8, 4) is 11.1 Å². The molecule has 0 N–H and O–H groups in total. The Morgan fingerprint density at radius 1 is 0.636 bits per heavy atom. The van der Waals surface area contributed by atoms with Gasteiger partial charge in [0.15, 0.2) is 7.14 Å². The molecule has 0 saturated carbocycles. The van der Waals surface area contributed by atoms with E-state index in [4.69, 9.17) is 4.99 Å². The van der Waals surface area contributed by atoms with Crippen LogP contribution in [-0.4, -0.2) is 5.45 Å². The molecule has 1 unspecified atom stereocenters. The van der Waals surface area contributed by atoms with Gasteiger partial charge in [-0.05, 0) is 54.2 Å². The third-order valence-electron chi connectivity index (χ3n) is 6.35. The highest BCUT2D eigenvalue weighted by atomic mass is 31.2. The molecular formula is C30H26NOP. The average molecular weight is 448 g/mol. The Morgan fingerprint density at radius 2 is 1.21 bits per heavy atom. The van der Waals surface area contributed by atoms with Gasteiger partial charge in [-0.25, -0.2) is 0 Å². The summed E-state index contributed by atoms with van der Waals surface area (Å²) in [4.78, 5) is 4.81. The van der Waals surface area contributed by atoms with Gasteiger partial charge in [-0.2, -0.15) is 0 Å². The van der Waals surface area contributed by atoms with Gasteiger partial charge in [0.05, 0.1) is 0 Å². The minimum absolute atomic E-state index is 0.674. The van der Waals surface area contributed by atoms with Crippen LogP contribution in [0.1, 0.15) is 27.8 Å². The largest absolute Gasteiger partial charge is 0.307 e. The Hall–Kier alpha value is -3.48. The van der Waals surface area contributed by atoms with Gasteiger partial charge in [0.25, 0.3) is 0 Å². The number of aryl methyl sites for hydroxylation is 3. The van der Waals surface area contributed by atoms with E-state index in [9.17, 15) is 0 Å². The molecular weight excluding hydrogens is 421 g/mol. The van der Waals surface area contributed by atoms with Gasteiger partial charge < -0.3 is 4.57 Å². The Morgan fingerprint density at radius 3 is 1.85 bits per heavy atom. The number of rotatable bonds is 4. The normalized spacial score (nSPS) is 17.5. The molecule has 0 spiro atoms. The van der Waals surface area contributed by atoms with E-state index in [1.807, 2.05) is 60.8 Å². The second-order valence-corrected chi connectivity index (χ2v) is 11.2. The van der Waals surface area contributed by atoms with Crippen molar-refractivity contribution < 1.29 is 4.57 Å². The van der Waals surface area contributed by atoms with Crippen LogP contribution in [0.2, 0.25) is 0 Å². The first-order valence-electron chi connectivity index (χ1n) is 11.2. The molecule has 1 aliphatic rings. The zero-order valence-corrected chi connectivity index (χ0v) is 20.0. The van der Waals surface area contributed by atoms with Crippen LogP contribution >= 0.6 is 7.14 Å². The molecule has 162 valence electrons. The lowest BCUT2D eigenvalue weighted by Gasteiger charge is -2.23. The van der Waals surface area contributed by atoms with Gasteiger partial charge in [-0.3, -0.25) is 4.99 Å². The molecule has 0 amide bonds. The molecule has 0 saturated heterocycles. The fraction of sp³-hybridized carbons (Fsp3) is 0.100. The van der Waals surface area contributed by atoms with Gasteiger partial charge in [0, 0.05) is 22.4 Å². The summed E-state index contributed by atoms with van der Waals surface area (Å²) in [5.74, 6) is 0. The van der Waals surface area contributed by atoms with E-state index in [-0.39, 0.29) is 0 Å². The van der Waals surface area contributed by atoms with Crippen molar-refractivity contribution in [3.63, 3.8) is 0 Å². The molecule has 0 radical (unpaired) electrons. The van der Waals surface area contributed by atoms with E-state index in [1.165, 1.54) is 11.1 Å². The molecule has 5 rings (SSSR count). The second kappa shape index (κ2) is 8.46. The Labute approximate surface area is 195 Å². The maximum Gasteiger partial charge on any atom is 0.191 e. The summed E-state index contributed by atoms with van der Waals surface area (Å²) in [5, 5.41) is 1.64. The summed E-state index contributed by atoms with van der Waals surface area (Å²) in [6.07, 6.45) is 1.84. The van der Waals surface area contributed by atoms with Crippen LogP contribution in [0.5, 0.6) is 0 Å². The number of benzene rings is 4. The first-order chi connectivity index (χ1) is 16.0. The lowest BCUT2D eigenvalue weighted by molar-refractivity contribution is 0.594. The molecule has 0 fully saturated rings. The Kier molecular flexibility index (Phi) is 5.48. The summed E-state index contributed by atoms with van der Waals surface area (Å²) < 4.78 is 15.1. The molecule has 0 aliphatic carbocycles. The lowest BCUT2D eigenvalue weighted by Crippen LogP contribution is -2.14. The third kappa shape index (κ3) is 3.61. The molecule has 1 aliphatic heterocycles. The standard InChI is InChI=1S/C30H26NOP/c1-21-12-10-11-17-27(21)30-31-20-28(33(30,32)26-15-8-5-9-16-26)29-22(2)18-25(19-23(29)3)24-13-6-4-7-14-24/h4-20H,1-3H3. The smallest absolute Gasteiger partial charge is 0.191 e. The molecule has 4 aromatic rings. The summed E-state index contributed by atoms with van der Waals surface area (Å²) in [5.41, 5.74) is 8.31. The first kappa shape index (κ1) is 21.4. The Balaban J connectivity index is 1.69. The van der Waals surface area contributed by atoms with E-state index in [2.05, 4.69) is 63.2 Å². The quantitative estimate of drug-likeness (QED) is 0.294. The van der Waals surface area contributed by atoms with Crippen molar-refractivity contribution in [3.05, 3.63) is 131 Å². The number of aliphatic imine (C=N–C) groups is 1. The lowest BCUT2D eigenvalue weighted by atomic mass is 9.95. The fourth-order valence-corrected chi connectivity index (χ4v) is 7.79. The van der Waals surface area contributed by atoms with Crippen molar-refractivity contribution in [2.75, 3.05) is 0 Å². The van der Waals surface area contributed by atoms with Crippen molar-refractivity contribution in [1.29, 1.82) is 0 Å². The Bertz CT molecular complexity index is 1430. The molecule has 4 aromatic carbocycles. The summed E-state index contributed by atoms with van der Waals surface area (Å²) in [6.45, 7) is 6.27. The van der Waals surface area contributed by atoms with E-state index < -0.39 is 7.14 Å². The van der Waals surface area contributed by atoms with E-state index >= 15 is 4.57 Å². The van der Waals surface area contributed by atoms with Gasteiger partial charge in [-0.15, -0.1) is 0 Å². The highest BCUT2D eigenvalue weighted by Gasteiger charge is 2.41. The van der Waals surface area contributed by atoms with Crippen LogP contribution in [0.25, 0.3) is 16.4 Å². The van der Waals surface area contributed by atoms with Crippen LogP contribution < -0.4 is 5.30 Å². The van der Waals surface area contributed by atoms with Crippen LogP contribution in [0, 0.1) is 20.8 Å². The zero-order valence-electron chi connectivity index (χ0n) is 19.1. The molecule has 33 heavy (non-hydrogen) atoms. The number of hydrogen-bond acceptors (Lipinski definition) is 2. The summed E-state index contributed by atoms with van der Waals surface area (Å²) >= 11 is 0. The van der Waals surface area contributed by atoms with Crippen LogP contribution in [-0.2, 0) is 4.57 Å². The second-order valence-electron chi connectivity index (χ2n) is 8.58. The number of nitrogens with zero attached hydrogens (tertiary/aromatic N) is 1. The highest BCUT2D eigenvalue weighted by Crippen LogP contribution is 2.64. The topological polar surface area (TPSA) is 29.4 Å². The maximum atomic E-state index is 15.1. The van der Waals surface area contributed by atoms with Crippen molar-refractivity contribution in [2.24, 2.45) is 4.99 Å². The zero-order chi connectivity index (χ0) is 23.0.